The lowest BCUT2D eigenvalue weighted by atomic mass is 10.2. The Morgan fingerprint density at radius 2 is 1.86 bits per heavy atom. The van der Waals surface area contributed by atoms with Crippen molar-refractivity contribution in [3.63, 3.8) is 0 Å². The summed E-state index contributed by atoms with van der Waals surface area (Å²) < 4.78 is 0. The van der Waals surface area contributed by atoms with Crippen LogP contribution in [0.1, 0.15) is 12.5 Å². The van der Waals surface area contributed by atoms with Gasteiger partial charge in [0.05, 0.1) is 5.25 Å². The van der Waals surface area contributed by atoms with Gasteiger partial charge in [-0.15, -0.1) is 11.8 Å². The number of hydrogen-bond acceptors (Lipinski definition) is 5. The molecule has 1 unspecified atom stereocenters. The third-order valence-corrected chi connectivity index (χ3v) is 4.20. The van der Waals surface area contributed by atoms with Gasteiger partial charge in [0.25, 0.3) is 0 Å². The fourth-order valence-corrected chi connectivity index (χ4v) is 2.63. The number of aromatic nitrogens is 2. The van der Waals surface area contributed by atoms with Crippen LogP contribution in [0.2, 0.25) is 0 Å². The van der Waals surface area contributed by atoms with Crippen LogP contribution in [-0.2, 0) is 10.5 Å². The van der Waals surface area contributed by atoms with Gasteiger partial charge in [-0.05, 0) is 18.6 Å². The second kappa shape index (κ2) is 9.04. The molecule has 1 aromatic carbocycles. The molecule has 1 heterocycles. The quantitative estimate of drug-likeness (QED) is 0.732. The first-order chi connectivity index (χ1) is 10.8. The standard InChI is InChI=1S/C16H20N4OS/c1-13(22-12-14-6-3-2-4-7-14)15(21)17-10-11-20-16-18-8-5-9-19-16/h2-9,13H,10-12H2,1H3,(H,17,21)(H,18,19,20). The number of nitrogens with one attached hydrogen (secondary N) is 2. The van der Waals surface area contributed by atoms with Crippen LogP contribution in [0.25, 0.3) is 0 Å². The van der Waals surface area contributed by atoms with Crippen molar-refractivity contribution in [3.05, 3.63) is 54.4 Å². The summed E-state index contributed by atoms with van der Waals surface area (Å²) in [6.07, 6.45) is 3.35. The van der Waals surface area contributed by atoms with Crippen molar-refractivity contribution in [1.82, 2.24) is 15.3 Å². The predicted octanol–water partition coefficient (Wildman–Crippen LogP) is 2.33. The molecule has 0 saturated carbocycles. The smallest absolute Gasteiger partial charge is 0.232 e. The van der Waals surface area contributed by atoms with Gasteiger partial charge in [-0.2, -0.15) is 0 Å². The summed E-state index contributed by atoms with van der Waals surface area (Å²) in [6, 6.07) is 11.9. The van der Waals surface area contributed by atoms with Crippen LogP contribution in [0.15, 0.2) is 48.8 Å². The molecule has 1 aromatic heterocycles. The highest BCUT2D eigenvalue weighted by atomic mass is 32.2. The van der Waals surface area contributed by atoms with E-state index in [1.165, 1.54) is 5.56 Å². The number of carbonyl (C=O) groups excluding carboxylic acids is 1. The van der Waals surface area contributed by atoms with Gasteiger partial charge >= 0.3 is 0 Å². The Morgan fingerprint density at radius 1 is 1.14 bits per heavy atom. The topological polar surface area (TPSA) is 66.9 Å². The lowest BCUT2D eigenvalue weighted by Crippen LogP contribution is -2.34. The number of hydrogen-bond donors (Lipinski definition) is 2. The molecule has 0 aliphatic carbocycles. The average molecular weight is 316 g/mol. The third-order valence-electron chi connectivity index (χ3n) is 2.99. The second-order valence-corrected chi connectivity index (χ2v) is 6.06. The fourth-order valence-electron chi connectivity index (χ4n) is 1.77. The first-order valence-electron chi connectivity index (χ1n) is 7.20. The fraction of sp³-hybridized carbons (Fsp3) is 0.312. The Kier molecular flexibility index (Phi) is 6.70. The number of nitrogens with zero attached hydrogens (tertiary/aromatic N) is 2. The van der Waals surface area contributed by atoms with Crippen LogP contribution in [0.5, 0.6) is 0 Å². The largest absolute Gasteiger partial charge is 0.353 e. The van der Waals surface area contributed by atoms with Crippen LogP contribution < -0.4 is 10.6 Å². The van der Waals surface area contributed by atoms with Crippen molar-refractivity contribution < 1.29 is 4.79 Å². The Hall–Kier alpha value is -2.08. The van der Waals surface area contributed by atoms with Crippen LogP contribution in [0.3, 0.4) is 0 Å². The molecule has 116 valence electrons. The van der Waals surface area contributed by atoms with Crippen LogP contribution in [-0.4, -0.2) is 34.2 Å². The van der Waals surface area contributed by atoms with E-state index in [1.54, 1.807) is 30.2 Å². The van der Waals surface area contributed by atoms with E-state index < -0.39 is 0 Å². The molecule has 0 aliphatic rings. The minimum absolute atomic E-state index is 0.0525. The highest BCUT2D eigenvalue weighted by molar-refractivity contribution is 7.99. The minimum atomic E-state index is -0.0758. The number of benzene rings is 1. The number of thioether (sulfide) groups is 1. The number of amides is 1. The molecular formula is C16H20N4OS. The molecule has 0 aliphatic heterocycles. The molecule has 5 nitrogen and oxygen atoms in total. The second-order valence-electron chi connectivity index (χ2n) is 4.73. The molecular weight excluding hydrogens is 296 g/mol. The van der Waals surface area contributed by atoms with E-state index in [-0.39, 0.29) is 11.2 Å². The Labute approximate surface area is 135 Å². The summed E-state index contributed by atoms with van der Waals surface area (Å²) >= 11 is 1.63. The van der Waals surface area contributed by atoms with Crippen molar-refractivity contribution in [3.8, 4) is 0 Å². The van der Waals surface area contributed by atoms with Crippen LogP contribution in [0, 0.1) is 0 Å². The van der Waals surface area contributed by atoms with E-state index in [2.05, 4.69) is 32.7 Å². The maximum atomic E-state index is 12.0. The van der Waals surface area contributed by atoms with E-state index in [9.17, 15) is 4.79 Å². The summed E-state index contributed by atoms with van der Waals surface area (Å²) in [5.41, 5.74) is 1.23. The van der Waals surface area contributed by atoms with Gasteiger partial charge in [0.2, 0.25) is 11.9 Å². The first-order valence-corrected chi connectivity index (χ1v) is 8.24. The van der Waals surface area contributed by atoms with E-state index >= 15 is 0 Å². The van der Waals surface area contributed by atoms with Gasteiger partial charge in [-0.3, -0.25) is 4.79 Å². The van der Waals surface area contributed by atoms with Gasteiger partial charge in [0, 0.05) is 31.2 Å². The maximum absolute atomic E-state index is 12.0. The van der Waals surface area contributed by atoms with Gasteiger partial charge < -0.3 is 10.6 Å². The van der Waals surface area contributed by atoms with Crippen molar-refractivity contribution in [2.24, 2.45) is 0 Å². The molecule has 2 aromatic rings. The molecule has 0 spiro atoms. The van der Waals surface area contributed by atoms with E-state index in [0.717, 1.165) is 5.75 Å². The lowest BCUT2D eigenvalue weighted by Gasteiger charge is -2.12. The van der Waals surface area contributed by atoms with Gasteiger partial charge in [-0.1, -0.05) is 30.3 Å². The molecule has 0 fully saturated rings. The normalized spacial score (nSPS) is 11.7. The molecule has 2 N–H and O–H groups in total. The van der Waals surface area contributed by atoms with E-state index in [0.29, 0.717) is 19.0 Å². The number of rotatable bonds is 8. The molecule has 0 bridgehead atoms. The molecule has 1 amide bonds. The SMILES string of the molecule is CC(SCc1ccccc1)C(=O)NCCNc1ncccn1. The Morgan fingerprint density at radius 3 is 2.59 bits per heavy atom. The lowest BCUT2D eigenvalue weighted by molar-refractivity contribution is -0.120. The monoisotopic (exact) mass is 316 g/mol. The zero-order valence-corrected chi connectivity index (χ0v) is 13.3. The number of carbonyl (C=O) groups is 1. The summed E-state index contributed by atoms with van der Waals surface area (Å²) in [4.78, 5) is 20.1. The highest BCUT2D eigenvalue weighted by Gasteiger charge is 2.12. The molecule has 6 heteroatoms. The van der Waals surface area contributed by atoms with Crippen molar-refractivity contribution in [2.45, 2.75) is 17.9 Å². The van der Waals surface area contributed by atoms with E-state index in [1.807, 2.05) is 25.1 Å². The molecule has 22 heavy (non-hydrogen) atoms. The zero-order chi connectivity index (χ0) is 15.6. The van der Waals surface area contributed by atoms with Gasteiger partial charge in [0.1, 0.15) is 0 Å². The van der Waals surface area contributed by atoms with Gasteiger partial charge in [0.15, 0.2) is 0 Å². The van der Waals surface area contributed by atoms with Crippen molar-refractivity contribution in [1.29, 1.82) is 0 Å². The minimum Gasteiger partial charge on any atom is -0.353 e. The summed E-state index contributed by atoms with van der Waals surface area (Å²) in [7, 11) is 0. The molecule has 2 rings (SSSR count). The third kappa shape index (κ3) is 5.73. The highest BCUT2D eigenvalue weighted by Crippen LogP contribution is 2.17. The average Bonchev–Trinajstić information content (AvgIpc) is 2.58. The molecule has 0 saturated heterocycles. The Bertz CT molecular complexity index is 565. The number of anilines is 1. The molecule has 1 atom stereocenters. The van der Waals surface area contributed by atoms with Gasteiger partial charge in [-0.25, -0.2) is 9.97 Å². The van der Waals surface area contributed by atoms with Crippen molar-refractivity contribution in [2.75, 3.05) is 18.4 Å². The summed E-state index contributed by atoms with van der Waals surface area (Å²) in [5.74, 6) is 1.46. The summed E-state index contributed by atoms with van der Waals surface area (Å²) in [5, 5.41) is 5.89. The molecule has 0 radical (unpaired) electrons. The zero-order valence-electron chi connectivity index (χ0n) is 12.5. The first kappa shape index (κ1) is 16.3. The van der Waals surface area contributed by atoms with Crippen LogP contribution in [0.4, 0.5) is 5.95 Å². The predicted molar refractivity (Wildman–Crippen MR) is 90.7 cm³/mol. The Balaban J connectivity index is 1.62. The van der Waals surface area contributed by atoms with Crippen molar-refractivity contribution >= 4 is 23.6 Å². The van der Waals surface area contributed by atoms with E-state index in [4.69, 9.17) is 0 Å². The van der Waals surface area contributed by atoms with Crippen LogP contribution >= 0.6 is 11.8 Å². The summed E-state index contributed by atoms with van der Waals surface area (Å²) in [6.45, 7) is 3.08. The maximum Gasteiger partial charge on any atom is 0.232 e.